The Hall–Kier alpha value is -2.70. The van der Waals surface area contributed by atoms with E-state index in [1.807, 2.05) is 0 Å². The summed E-state index contributed by atoms with van der Waals surface area (Å²) in [6, 6.07) is 9.54. The summed E-state index contributed by atoms with van der Waals surface area (Å²) in [6.07, 6.45) is 1.03. The van der Waals surface area contributed by atoms with Gasteiger partial charge in [0, 0.05) is 23.6 Å². The van der Waals surface area contributed by atoms with Crippen LogP contribution in [0.3, 0.4) is 0 Å². The average Bonchev–Trinajstić information content (AvgIpc) is 3.11. The fourth-order valence-corrected chi connectivity index (χ4v) is 4.41. The smallest absolute Gasteiger partial charge is 0.418 e. The van der Waals surface area contributed by atoms with Crippen LogP contribution in [0.5, 0.6) is 11.5 Å². The summed E-state index contributed by atoms with van der Waals surface area (Å²) >= 11 is 0. The predicted octanol–water partition coefficient (Wildman–Crippen LogP) is 6.32. The van der Waals surface area contributed by atoms with Crippen LogP contribution in [0.25, 0.3) is 22.2 Å². The van der Waals surface area contributed by atoms with Crippen LogP contribution in [0.2, 0.25) is 0 Å². The topological polar surface area (TPSA) is 36.3 Å². The quantitative estimate of drug-likeness (QED) is 0.486. The molecule has 1 heterocycles. The zero-order chi connectivity index (χ0) is 21.3. The van der Waals surface area contributed by atoms with Crippen LogP contribution >= 0.6 is 0 Å². The van der Waals surface area contributed by atoms with E-state index in [0.717, 1.165) is 31.7 Å². The van der Waals surface area contributed by atoms with Gasteiger partial charge in [0.1, 0.15) is 17.2 Å². The molecule has 0 amide bonds. The van der Waals surface area contributed by atoms with Crippen molar-refractivity contribution < 1.29 is 22.6 Å². The predicted molar refractivity (Wildman–Crippen MR) is 110 cm³/mol. The molecule has 1 aromatic heterocycles. The average molecular weight is 418 g/mol. The van der Waals surface area contributed by atoms with Crippen LogP contribution in [0, 0.1) is 5.92 Å². The molecule has 7 heteroatoms. The van der Waals surface area contributed by atoms with E-state index in [4.69, 9.17) is 9.47 Å². The molecule has 0 N–H and O–H groups in total. The van der Waals surface area contributed by atoms with Crippen molar-refractivity contribution in [1.29, 1.82) is 0 Å². The van der Waals surface area contributed by atoms with Gasteiger partial charge in [0.05, 0.1) is 25.3 Å². The minimum Gasteiger partial charge on any atom is -0.497 e. The number of fused-ring (bicyclic) bond motifs is 1. The zero-order valence-corrected chi connectivity index (χ0v) is 17.1. The Morgan fingerprint density at radius 3 is 2.47 bits per heavy atom. The van der Waals surface area contributed by atoms with E-state index >= 15 is 0 Å². The molecule has 160 valence electrons. The Morgan fingerprint density at radius 2 is 1.80 bits per heavy atom. The van der Waals surface area contributed by atoms with Crippen LogP contribution in [0.4, 0.5) is 13.2 Å². The van der Waals surface area contributed by atoms with Crippen molar-refractivity contribution in [3.05, 3.63) is 42.0 Å². The van der Waals surface area contributed by atoms with Crippen LogP contribution < -0.4 is 9.47 Å². The number of hydrogen-bond donors (Lipinski definition) is 0. The lowest BCUT2D eigenvalue weighted by atomic mass is 9.89. The SMILES string of the molecule is COc1ccc(-c2nn(CC3CCCCC3)c3c(C(F)(F)F)cccc23)c(OC)c1. The fraction of sp³-hybridized carbons (Fsp3) is 0.435. The third kappa shape index (κ3) is 3.85. The normalized spacial score (nSPS) is 15.5. The molecule has 0 unspecified atom stereocenters. The molecule has 4 nitrogen and oxygen atoms in total. The largest absolute Gasteiger partial charge is 0.497 e. The van der Waals surface area contributed by atoms with Crippen molar-refractivity contribution in [2.45, 2.75) is 44.8 Å². The highest BCUT2D eigenvalue weighted by atomic mass is 19.4. The molecule has 30 heavy (non-hydrogen) atoms. The second-order valence-corrected chi connectivity index (χ2v) is 7.80. The molecule has 4 rings (SSSR count). The van der Waals surface area contributed by atoms with Crippen LogP contribution in [-0.4, -0.2) is 24.0 Å². The Bertz CT molecular complexity index is 1040. The van der Waals surface area contributed by atoms with Gasteiger partial charge in [-0.05, 0) is 37.0 Å². The molecule has 0 atom stereocenters. The van der Waals surface area contributed by atoms with E-state index in [0.29, 0.717) is 40.6 Å². The first-order valence-electron chi connectivity index (χ1n) is 10.2. The Morgan fingerprint density at radius 1 is 1.03 bits per heavy atom. The summed E-state index contributed by atoms with van der Waals surface area (Å²) in [5.41, 5.74) is 0.627. The van der Waals surface area contributed by atoms with Crippen LogP contribution in [-0.2, 0) is 12.7 Å². The summed E-state index contributed by atoms with van der Waals surface area (Å²) in [5, 5.41) is 5.16. The first kappa shape index (κ1) is 20.6. The minimum atomic E-state index is -4.45. The number of rotatable bonds is 5. The van der Waals surface area contributed by atoms with Crippen molar-refractivity contribution in [2.75, 3.05) is 14.2 Å². The van der Waals surface area contributed by atoms with Gasteiger partial charge in [0.15, 0.2) is 0 Å². The number of methoxy groups -OCH3 is 2. The van der Waals surface area contributed by atoms with Gasteiger partial charge >= 0.3 is 6.18 Å². The van der Waals surface area contributed by atoms with E-state index in [1.54, 1.807) is 36.1 Å². The first-order chi connectivity index (χ1) is 14.4. The summed E-state index contributed by atoms with van der Waals surface area (Å²) in [4.78, 5) is 0. The number of halogens is 3. The molecule has 0 saturated heterocycles. The standard InChI is InChI=1S/C23H25F3N2O2/c1-29-16-11-12-17(20(13-16)30-2)21-18-9-6-10-19(23(24,25)26)22(18)28(27-21)14-15-7-4-3-5-8-15/h6,9-13,15H,3-5,7-8,14H2,1-2H3. The maximum absolute atomic E-state index is 13.8. The molecule has 3 aromatic rings. The van der Waals surface area contributed by atoms with Crippen LogP contribution in [0.1, 0.15) is 37.7 Å². The van der Waals surface area contributed by atoms with Gasteiger partial charge < -0.3 is 9.47 Å². The Balaban J connectivity index is 1.91. The maximum atomic E-state index is 13.8. The molecular weight excluding hydrogens is 393 g/mol. The number of aromatic nitrogens is 2. The van der Waals surface area contributed by atoms with Crippen molar-refractivity contribution in [3.63, 3.8) is 0 Å². The third-order valence-electron chi connectivity index (χ3n) is 5.90. The van der Waals surface area contributed by atoms with Crippen molar-refractivity contribution in [3.8, 4) is 22.8 Å². The lowest BCUT2D eigenvalue weighted by Gasteiger charge is -2.22. The summed E-state index contributed by atoms with van der Waals surface area (Å²) in [7, 11) is 3.08. The van der Waals surface area contributed by atoms with Gasteiger partial charge in [0.25, 0.3) is 0 Å². The van der Waals surface area contributed by atoms with Gasteiger partial charge in [-0.1, -0.05) is 31.4 Å². The molecule has 1 aliphatic rings. The summed E-state index contributed by atoms with van der Waals surface area (Å²) < 4.78 is 53.9. The third-order valence-corrected chi connectivity index (χ3v) is 5.90. The fourth-order valence-electron chi connectivity index (χ4n) is 4.41. The highest BCUT2D eigenvalue weighted by molar-refractivity contribution is 5.96. The summed E-state index contributed by atoms with van der Waals surface area (Å²) in [5.74, 6) is 1.46. The first-order valence-corrected chi connectivity index (χ1v) is 10.2. The second kappa shape index (κ2) is 8.20. The molecule has 2 aromatic carbocycles. The van der Waals surface area contributed by atoms with E-state index in [2.05, 4.69) is 5.10 Å². The molecule has 0 radical (unpaired) electrons. The Labute approximate surface area is 173 Å². The number of alkyl halides is 3. The van der Waals surface area contributed by atoms with Crippen molar-refractivity contribution in [2.24, 2.45) is 5.92 Å². The highest BCUT2D eigenvalue weighted by Crippen LogP contribution is 2.41. The highest BCUT2D eigenvalue weighted by Gasteiger charge is 2.35. The number of ether oxygens (including phenoxy) is 2. The molecule has 1 aliphatic carbocycles. The lowest BCUT2D eigenvalue weighted by molar-refractivity contribution is -0.136. The minimum absolute atomic E-state index is 0.142. The number of nitrogens with zero attached hydrogens (tertiary/aromatic N) is 2. The molecule has 0 spiro atoms. The molecule has 0 aliphatic heterocycles. The molecule has 1 fully saturated rings. The number of para-hydroxylation sites is 1. The van der Waals surface area contributed by atoms with E-state index in [1.165, 1.54) is 19.6 Å². The van der Waals surface area contributed by atoms with Gasteiger partial charge in [-0.3, -0.25) is 4.68 Å². The molecule has 0 bridgehead atoms. The monoisotopic (exact) mass is 418 g/mol. The van der Waals surface area contributed by atoms with E-state index in [9.17, 15) is 13.2 Å². The van der Waals surface area contributed by atoms with Crippen molar-refractivity contribution in [1.82, 2.24) is 9.78 Å². The van der Waals surface area contributed by atoms with Crippen LogP contribution in [0.15, 0.2) is 36.4 Å². The number of hydrogen-bond acceptors (Lipinski definition) is 3. The van der Waals surface area contributed by atoms with Gasteiger partial charge in [0.2, 0.25) is 0 Å². The number of benzene rings is 2. The molecule has 1 saturated carbocycles. The second-order valence-electron chi connectivity index (χ2n) is 7.80. The summed E-state index contributed by atoms with van der Waals surface area (Å²) in [6.45, 7) is 0.488. The Kier molecular flexibility index (Phi) is 5.62. The van der Waals surface area contributed by atoms with Crippen molar-refractivity contribution >= 4 is 10.9 Å². The van der Waals surface area contributed by atoms with Gasteiger partial charge in [-0.25, -0.2) is 0 Å². The van der Waals surface area contributed by atoms with E-state index in [-0.39, 0.29) is 5.52 Å². The van der Waals surface area contributed by atoms with E-state index < -0.39 is 11.7 Å². The zero-order valence-electron chi connectivity index (χ0n) is 17.1. The maximum Gasteiger partial charge on any atom is 0.418 e. The molecular formula is C23H25F3N2O2. The van der Waals surface area contributed by atoms with Gasteiger partial charge in [-0.15, -0.1) is 0 Å². The van der Waals surface area contributed by atoms with Gasteiger partial charge in [-0.2, -0.15) is 18.3 Å². The lowest BCUT2D eigenvalue weighted by Crippen LogP contribution is -2.17.